The number of nitrogens with zero attached hydrogens (tertiary/aromatic N) is 3. The van der Waals surface area contributed by atoms with E-state index in [-0.39, 0.29) is 5.78 Å². The largest absolute Gasteiger partial charge is 0.378 e. The smallest absolute Gasteiger partial charge is 0.164 e. The van der Waals surface area contributed by atoms with Gasteiger partial charge in [-0.05, 0) is 18.2 Å². The second-order valence-electron chi connectivity index (χ2n) is 5.94. The number of benzene rings is 1. The van der Waals surface area contributed by atoms with Crippen molar-refractivity contribution in [2.75, 3.05) is 26.3 Å². The maximum atomic E-state index is 12.1. The number of ketones is 1. The Labute approximate surface area is 144 Å². The van der Waals surface area contributed by atoms with E-state index < -0.39 is 0 Å². The van der Waals surface area contributed by atoms with Crippen LogP contribution in [0, 0.1) is 0 Å². The number of halogens is 1. The third-order valence-electron chi connectivity index (χ3n) is 4.14. The van der Waals surface area contributed by atoms with E-state index >= 15 is 0 Å². The summed E-state index contributed by atoms with van der Waals surface area (Å²) in [5, 5.41) is 0.667. The van der Waals surface area contributed by atoms with Gasteiger partial charge in [-0.15, -0.1) is 0 Å². The molecule has 0 bridgehead atoms. The number of allylic oxidation sites excluding steroid dienone is 1. The number of hydrogen-bond donors (Lipinski definition) is 1. The molecule has 2 aromatic rings. The van der Waals surface area contributed by atoms with Crippen molar-refractivity contribution in [2.24, 2.45) is 4.99 Å². The molecule has 1 aromatic heterocycles. The second-order valence-corrected chi connectivity index (χ2v) is 6.38. The zero-order valence-corrected chi connectivity index (χ0v) is 13.8. The molecule has 0 unspecified atom stereocenters. The Hall–Kier alpha value is -2.18. The zero-order chi connectivity index (χ0) is 16.5. The summed E-state index contributed by atoms with van der Waals surface area (Å²) in [7, 11) is 0. The maximum Gasteiger partial charge on any atom is 0.164 e. The van der Waals surface area contributed by atoms with Gasteiger partial charge in [-0.2, -0.15) is 0 Å². The first-order valence-corrected chi connectivity index (χ1v) is 8.33. The van der Waals surface area contributed by atoms with Gasteiger partial charge >= 0.3 is 0 Å². The van der Waals surface area contributed by atoms with E-state index in [1.807, 2.05) is 18.2 Å². The average molecular weight is 345 g/mol. The zero-order valence-electron chi connectivity index (χ0n) is 13.1. The minimum absolute atomic E-state index is 0.0839. The van der Waals surface area contributed by atoms with E-state index in [4.69, 9.17) is 16.3 Å². The fourth-order valence-corrected chi connectivity index (χ4v) is 3.17. The van der Waals surface area contributed by atoms with Crippen molar-refractivity contribution in [1.29, 1.82) is 0 Å². The van der Waals surface area contributed by atoms with Crippen molar-refractivity contribution >= 4 is 34.1 Å². The second kappa shape index (κ2) is 6.37. The molecule has 1 N–H and O–H groups in total. The van der Waals surface area contributed by atoms with Gasteiger partial charge in [0.25, 0.3) is 0 Å². The van der Waals surface area contributed by atoms with Gasteiger partial charge in [-0.3, -0.25) is 4.79 Å². The molecule has 1 aromatic carbocycles. The van der Waals surface area contributed by atoms with Gasteiger partial charge in [0.2, 0.25) is 0 Å². The van der Waals surface area contributed by atoms with Crippen molar-refractivity contribution in [2.45, 2.75) is 12.8 Å². The van der Waals surface area contributed by atoms with E-state index in [1.165, 1.54) is 0 Å². The van der Waals surface area contributed by atoms with E-state index in [2.05, 4.69) is 19.9 Å². The Kier molecular flexibility index (Phi) is 4.08. The van der Waals surface area contributed by atoms with Crippen LogP contribution in [0.25, 0.3) is 11.0 Å². The molecule has 7 heteroatoms. The highest BCUT2D eigenvalue weighted by Gasteiger charge is 2.21. The highest BCUT2D eigenvalue weighted by atomic mass is 35.5. The van der Waals surface area contributed by atoms with Crippen molar-refractivity contribution < 1.29 is 9.53 Å². The van der Waals surface area contributed by atoms with Crippen molar-refractivity contribution in [1.82, 2.24) is 14.9 Å². The topological polar surface area (TPSA) is 70.6 Å². The first kappa shape index (κ1) is 15.4. The molecule has 4 rings (SSSR count). The van der Waals surface area contributed by atoms with E-state index in [0.29, 0.717) is 31.1 Å². The molecular weight excluding hydrogens is 328 g/mol. The summed E-state index contributed by atoms with van der Waals surface area (Å²) in [6.45, 7) is 2.86. The van der Waals surface area contributed by atoms with E-state index in [9.17, 15) is 4.79 Å². The number of ether oxygens (including phenoxy) is 1. The monoisotopic (exact) mass is 344 g/mol. The lowest BCUT2D eigenvalue weighted by Crippen LogP contribution is -2.36. The average Bonchev–Trinajstić information content (AvgIpc) is 2.96. The fraction of sp³-hybridized carbons (Fsp3) is 0.353. The summed E-state index contributed by atoms with van der Waals surface area (Å²) < 4.78 is 5.36. The molecule has 6 nitrogen and oxygen atoms in total. The molecule has 0 atom stereocenters. The molecule has 0 aliphatic carbocycles. The number of morpholine rings is 1. The highest BCUT2D eigenvalue weighted by Crippen LogP contribution is 2.20. The molecule has 3 heterocycles. The molecule has 124 valence electrons. The van der Waals surface area contributed by atoms with Gasteiger partial charge in [0.05, 0.1) is 24.2 Å². The number of aliphatic imine (C=N–C) groups is 1. The Morgan fingerprint density at radius 2 is 2.12 bits per heavy atom. The lowest BCUT2D eigenvalue weighted by atomic mass is 10.1. The lowest BCUT2D eigenvalue weighted by Gasteiger charge is -2.30. The van der Waals surface area contributed by atoms with Crippen LogP contribution in [-0.2, 0) is 16.0 Å². The summed E-state index contributed by atoms with van der Waals surface area (Å²) in [4.78, 5) is 26.6. The molecule has 0 amide bonds. The number of hydrogen-bond acceptors (Lipinski definition) is 5. The third kappa shape index (κ3) is 3.20. The number of H-pyrrole nitrogens is 1. The molecule has 24 heavy (non-hydrogen) atoms. The van der Waals surface area contributed by atoms with E-state index in [0.717, 1.165) is 41.5 Å². The Balaban J connectivity index is 1.56. The van der Waals surface area contributed by atoms with Crippen LogP contribution in [0.1, 0.15) is 12.2 Å². The molecular formula is C17H17ClN4O2. The number of fused-ring (bicyclic) bond motifs is 1. The normalized spacial score (nSPS) is 18.7. The minimum Gasteiger partial charge on any atom is -0.378 e. The number of imidazole rings is 1. The number of carbonyl (C=O) groups excluding carboxylic acids is 1. The number of rotatable bonds is 3. The predicted molar refractivity (Wildman–Crippen MR) is 92.3 cm³/mol. The van der Waals surface area contributed by atoms with Crippen LogP contribution in [0.2, 0.25) is 5.02 Å². The summed E-state index contributed by atoms with van der Waals surface area (Å²) in [6.07, 6.45) is 2.50. The van der Waals surface area contributed by atoms with Crippen LogP contribution < -0.4 is 0 Å². The molecule has 1 saturated heterocycles. The molecule has 0 radical (unpaired) electrons. The van der Waals surface area contributed by atoms with Gasteiger partial charge < -0.3 is 14.6 Å². The van der Waals surface area contributed by atoms with Crippen LogP contribution in [0.5, 0.6) is 0 Å². The molecule has 0 saturated carbocycles. The van der Waals surface area contributed by atoms with Gasteiger partial charge in [0.1, 0.15) is 11.6 Å². The van der Waals surface area contributed by atoms with Gasteiger partial charge in [-0.1, -0.05) is 11.6 Å². The number of carbonyl (C=O) groups is 1. The van der Waals surface area contributed by atoms with Crippen LogP contribution in [0.15, 0.2) is 35.1 Å². The lowest BCUT2D eigenvalue weighted by molar-refractivity contribution is -0.113. The standard InChI is InChI=1S/C17H17ClN4O2/c18-11-1-2-14-15(7-11)21-16(20-14)9-12-8-13(23)10-17(19-12)22-3-5-24-6-4-22/h1-2,7,10H,3-6,8-9H2,(H,20,21). The third-order valence-corrected chi connectivity index (χ3v) is 4.38. The molecule has 1 fully saturated rings. The highest BCUT2D eigenvalue weighted by molar-refractivity contribution is 6.31. The molecule has 0 spiro atoms. The Morgan fingerprint density at radius 3 is 2.96 bits per heavy atom. The molecule has 2 aliphatic heterocycles. The van der Waals surface area contributed by atoms with Crippen LogP contribution in [0.3, 0.4) is 0 Å². The van der Waals surface area contributed by atoms with Crippen LogP contribution in [0.4, 0.5) is 0 Å². The fourth-order valence-electron chi connectivity index (χ4n) is 3.00. The number of aromatic nitrogens is 2. The number of nitrogens with one attached hydrogen (secondary N) is 1. The summed E-state index contributed by atoms with van der Waals surface area (Å²) >= 11 is 6.00. The van der Waals surface area contributed by atoms with Crippen molar-refractivity contribution in [3.63, 3.8) is 0 Å². The Morgan fingerprint density at radius 1 is 1.29 bits per heavy atom. The first-order valence-electron chi connectivity index (χ1n) is 7.95. The first-order chi connectivity index (χ1) is 11.7. The minimum atomic E-state index is 0.0839. The van der Waals surface area contributed by atoms with Crippen molar-refractivity contribution in [3.8, 4) is 0 Å². The quantitative estimate of drug-likeness (QED) is 0.927. The predicted octanol–water partition coefficient (Wildman–Crippen LogP) is 2.35. The van der Waals surface area contributed by atoms with Crippen LogP contribution >= 0.6 is 11.6 Å². The summed E-state index contributed by atoms with van der Waals surface area (Å²) in [5.74, 6) is 1.62. The van der Waals surface area contributed by atoms with Gasteiger partial charge in [0, 0.05) is 42.7 Å². The Bertz CT molecular complexity index is 849. The summed E-state index contributed by atoms with van der Waals surface area (Å²) in [5.41, 5.74) is 2.58. The van der Waals surface area contributed by atoms with Gasteiger partial charge in [-0.25, -0.2) is 9.98 Å². The van der Waals surface area contributed by atoms with E-state index in [1.54, 1.807) is 6.08 Å². The summed E-state index contributed by atoms with van der Waals surface area (Å²) in [6, 6.07) is 5.54. The van der Waals surface area contributed by atoms with Gasteiger partial charge in [0.15, 0.2) is 5.78 Å². The van der Waals surface area contributed by atoms with Crippen LogP contribution in [-0.4, -0.2) is 52.7 Å². The van der Waals surface area contributed by atoms with Crippen molar-refractivity contribution in [3.05, 3.63) is 40.9 Å². The molecule has 2 aliphatic rings. The maximum absolute atomic E-state index is 12.1. The number of aromatic amines is 1. The SMILES string of the molecule is O=C1C=C(N2CCOCC2)N=C(Cc2nc3ccc(Cl)cc3[nH]2)C1.